The van der Waals surface area contributed by atoms with Crippen LogP contribution in [0.4, 0.5) is 0 Å². The molecule has 2 aliphatic rings. The Morgan fingerprint density at radius 2 is 2.00 bits per heavy atom. The van der Waals surface area contributed by atoms with Gasteiger partial charge < -0.3 is 14.6 Å². The first-order valence-electron chi connectivity index (χ1n) is 10.5. The molecule has 4 nitrogen and oxygen atoms in total. The third kappa shape index (κ3) is 3.95. The Kier molecular flexibility index (Phi) is 6.02. The molecule has 27 heavy (non-hydrogen) atoms. The van der Waals surface area contributed by atoms with Crippen molar-refractivity contribution in [3.8, 4) is 11.5 Å². The summed E-state index contributed by atoms with van der Waals surface area (Å²) in [7, 11) is 1.45. The number of methoxy groups -OCH3 is 1. The Morgan fingerprint density at radius 1 is 1.26 bits per heavy atom. The largest absolute Gasteiger partial charge is 0.508 e. The van der Waals surface area contributed by atoms with Crippen LogP contribution in [0.1, 0.15) is 89.2 Å². The average molecular weight is 375 g/mol. The summed E-state index contributed by atoms with van der Waals surface area (Å²) in [6, 6.07) is 4.00. The first kappa shape index (κ1) is 20.0. The normalized spacial score (nSPS) is 24.5. The molecule has 1 fully saturated rings. The number of phenols is 1. The molecule has 1 heterocycles. The molecule has 0 saturated heterocycles. The van der Waals surface area contributed by atoms with Crippen LogP contribution >= 0.6 is 0 Å². The van der Waals surface area contributed by atoms with Gasteiger partial charge in [0.1, 0.15) is 17.6 Å². The molecule has 1 N–H and O–H groups in total. The zero-order chi connectivity index (χ0) is 19.6. The van der Waals surface area contributed by atoms with Crippen molar-refractivity contribution >= 4 is 5.97 Å². The van der Waals surface area contributed by atoms with Crippen molar-refractivity contribution in [1.82, 2.24) is 0 Å². The molecule has 0 spiro atoms. The highest BCUT2D eigenvalue weighted by molar-refractivity contribution is 5.75. The van der Waals surface area contributed by atoms with Crippen molar-refractivity contribution in [1.29, 1.82) is 0 Å². The van der Waals surface area contributed by atoms with Crippen LogP contribution in [0.25, 0.3) is 0 Å². The van der Waals surface area contributed by atoms with E-state index < -0.39 is 0 Å². The molecule has 1 aromatic carbocycles. The quantitative estimate of drug-likeness (QED) is 0.531. The second kappa shape index (κ2) is 8.12. The van der Waals surface area contributed by atoms with Crippen molar-refractivity contribution < 1.29 is 19.4 Å². The molecule has 0 amide bonds. The number of esters is 1. The topological polar surface area (TPSA) is 55.8 Å². The van der Waals surface area contributed by atoms with Gasteiger partial charge in [-0.25, -0.2) is 0 Å². The van der Waals surface area contributed by atoms with Gasteiger partial charge in [0.2, 0.25) is 0 Å². The van der Waals surface area contributed by atoms with Gasteiger partial charge in [0, 0.05) is 11.5 Å². The molecule has 0 aromatic heterocycles. The molecule has 4 heteroatoms. The number of phenolic OH excluding ortho intramolecular Hbond substituents is 1. The van der Waals surface area contributed by atoms with Gasteiger partial charge in [-0.05, 0) is 48.8 Å². The Balaban J connectivity index is 1.94. The SMILES string of the molecule is CCCCCC(C)(C)c1cc(O)c2c(c1)OC1CCCCC(C(=O)OC)C21. The molecule has 1 aliphatic carbocycles. The van der Waals surface area contributed by atoms with E-state index in [2.05, 4.69) is 26.8 Å². The summed E-state index contributed by atoms with van der Waals surface area (Å²) in [5.74, 6) is 0.505. The van der Waals surface area contributed by atoms with E-state index >= 15 is 0 Å². The standard InChI is InChI=1S/C23H34O4/c1-5-6-9-12-23(2,3)15-13-17(24)21-19(14-15)27-18-11-8-7-10-16(20(18)21)22(25)26-4/h13-14,16,18,20,24H,5-12H2,1-4H3. The minimum atomic E-state index is -0.238. The van der Waals surface area contributed by atoms with Crippen LogP contribution in [-0.4, -0.2) is 24.3 Å². The second-order valence-electron chi connectivity index (χ2n) is 8.84. The van der Waals surface area contributed by atoms with Gasteiger partial charge in [-0.3, -0.25) is 4.79 Å². The van der Waals surface area contributed by atoms with Crippen molar-refractivity contribution in [2.45, 2.75) is 89.6 Å². The van der Waals surface area contributed by atoms with E-state index in [1.54, 1.807) is 0 Å². The number of carbonyl (C=O) groups excluding carboxylic acids is 1. The fourth-order valence-electron chi connectivity index (χ4n) is 4.82. The summed E-state index contributed by atoms with van der Waals surface area (Å²) >= 11 is 0. The van der Waals surface area contributed by atoms with Crippen LogP contribution in [-0.2, 0) is 14.9 Å². The maximum Gasteiger partial charge on any atom is 0.309 e. The molecule has 150 valence electrons. The number of ether oxygens (including phenoxy) is 2. The molecule has 0 bridgehead atoms. The molecular weight excluding hydrogens is 340 g/mol. The van der Waals surface area contributed by atoms with Crippen LogP contribution in [0.5, 0.6) is 11.5 Å². The number of hydrogen-bond acceptors (Lipinski definition) is 4. The van der Waals surface area contributed by atoms with Crippen LogP contribution < -0.4 is 4.74 Å². The van der Waals surface area contributed by atoms with Crippen molar-refractivity contribution in [3.05, 3.63) is 23.3 Å². The zero-order valence-corrected chi connectivity index (χ0v) is 17.2. The highest BCUT2D eigenvalue weighted by Crippen LogP contribution is 2.52. The third-order valence-electron chi connectivity index (χ3n) is 6.51. The van der Waals surface area contributed by atoms with E-state index in [0.29, 0.717) is 0 Å². The van der Waals surface area contributed by atoms with E-state index in [4.69, 9.17) is 9.47 Å². The number of benzene rings is 1. The van der Waals surface area contributed by atoms with Crippen molar-refractivity contribution in [2.75, 3.05) is 7.11 Å². The second-order valence-corrected chi connectivity index (χ2v) is 8.84. The molecular formula is C23H34O4. The Labute approximate surface area is 163 Å². The lowest BCUT2D eigenvalue weighted by Crippen LogP contribution is -2.29. The smallest absolute Gasteiger partial charge is 0.309 e. The fourth-order valence-corrected chi connectivity index (χ4v) is 4.82. The van der Waals surface area contributed by atoms with Crippen LogP contribution in [0, 0.1) is 5.92 Å². The predicted octanol–water partition coefficient (Wildman–Crippen LogP) is 5.46. The summed E-state index contributed by atoms with van der Waals surface area (Å²) < 4.78 is 11.4. The average Bonchev–Trinajstić information content (AvgIpc) is 2.88. The summed E-state index contributed by atoms with van der Waals surface area (Å²) in [6.07, 6.45) is 8.38. The highest BCUT2D eigenvalue weighted by Gasteiger charge is 2.46. The fraction of sp³-hybridized carbons (Fsp3) is 0.696. The lowest BCUT2D eigenvalue weighted by Gasteiger charge is -2.27. The van der Waals surface area contributed by atoms with E-state index in [0.717, 1.165) is 49.0 Å². The first-order chi connectivity index (χ1) is 12.9. The number of fused-ring (bicyclic) bond motifs is 3. The van der Waals surface area contributed by atoms with E-state index in [-0.39, 0.29) is 35.1 Å². The number of aromatic hydroxyl groups is 1. The Morgan fingerprint density at radius 3 is 2.70 bits per heavy atom. The summed E-state index contributed by atoms with van der Waals surface area (Å²) in [5, 5.41) is 10.9. The molecule has 3 rings (SSSR count). The van der Waals surface area contributed by atoms with Gasteiger partial charge in [-0.2, -0.15) is 0 Å². The minimum absolute atomic E-state index is 0.0164. The van der Waals surface area contributed by atoms with Crippen molar-refractivity contribution in [3.63, 3.8) is 0 Å². The number of hydrogen-bond donors (Lipinski definition) is 1. The number of rotatable bonds is 6. The van der Waals surface area contributed by atoms with E-state index in [1.807, 2.05) is 6.07 Å². The molecule has 1 aliphatic heterocycles. The lowest BCUT2D eigenvalue weighted by atomic mass is 9.77. The Hall–Kier alpha value is -1.71. The van der Waals surface area contributed by atoms with Crippen molar-refractivity contribution in [2.24, 2.45) is 5.92 Å². The van der Waals surface area contributed by atoms with Crippen LogP contribution in [0.15, 0.2) is 12.1 Å². The first-order valence-corrected chi connectivity index (χ1v) is 10.5. The van der Waals surface area contributed by atoms with Crippen LogP contribution in [0.3, 0.4) is 0 Å². The molecule has 1 aromatic rings. The predicted molar refractivity (Wildman–Crippen MR) is 106 cm³/mol. The maximum absolute atomic E-state index is 12.4. The van der Waals surface area contributed by atoms with E-state index in [9.17, 15) is 9.90 Å². The van der Waals surface area contributed by atoms with Gasteiger partial charge in [0.15, 0.2) is 0 Å². The van der Waals surface area contributed by atoms with Crippen LogP contribution in [0.2, 0.25) is 0 Å². The third-order valence-corrected chi connectivity index (χ3v) is 6.51. The molecule has 0 radical (unpaired) electrons. The highest BCUT2D eigenvalue weighted by atomic mass is 16.5. The molecule has 1 saturated carbocycles. The number of carbonyl (C=O) groups is 1. The lowest BCUT2D eigenvalue weighted by molar-refractivity contribution is -0.147. The zero-order valence-electron chi connectivity index (χ0n) is 17.2. The maximum atomic E-state index is 12.4. The van der Waals surface area contributed by atoms with Gasteiger partial charge in [-0.15, -0.1) is 0 Å². The monoisotopic (exact) mass is 374 g/mol. The Bertz CT molecular complexity index is 679. The van der Waals surface area contributed by atoms with Gasteiger partial charge in [0.05, 0.1) is 13.0 Å². The summed E-state index contributed by atoms with van der Waals surface area (Å²) in [6.45, 7) is 6.67. The summed E-state index contributed by atoms with van der Waals surface area (Å²) in [5.41, 5.74) is 1.91. The van der Waals surface area contributed by atoms with Gasteiger partial charge in [0.25, 0.3) is 0 Å². The summed E-state index contributed by atoms with van der Waals surface area (Å²) in [4.78, 5) is 12.4. The van der Waals surface area contributed by atoms with Gasteiger partial charge >= 0.3 is 5.97 Å². The van der Waals surface area contributed by atoms with Gasteiger partial charge in [-0.1, -0.05) is 46.5 Å². The molecule has 3 atom stereocenters. The van der Waals surface area contributed by atoms with E-state index in [1.165, 1.54) is 26.4 Å². The number of unbranched alkanes of at least 4 members (excludes halogenated alkanes) is 2. The molecule has 3 unspecified atom stereocenters. The minimum Gasteiger partial charge on any atom is -0.508 e.